The van der Waals surface area contributed by atoms with Gasteiger partial charge in [-0.2, -0.15) is 5.26 Å². The molecule has 2 fully saturated rings. The number of alkyl halides is 2. The van der Waals surface area contributed by atoms with Crippen LogP contribution in [0.4, 0.5) is 38.3 Å². The standard InChI is InChI=1S/C26H27F8N5O4S2/c1-44(42,43)20-11-22(38(14-20)15-35)25(41)39(19-2-4-21(5-3-19)45(30,31,32,33)34)23(16-10-17(27)13-36-12-16)24(40)37-18-6-8-26(28,29)9-7-18/h2-5,10,12-13,18,20,22-23H,6-9,11,14H2,1H3,(H,37,40)/t20-,22-,23-/m1/s1. The van der Waals surface area contributed by atoms with E-state index >= 15 is 0 Å². The smallest absolute Gasteiger partial charge is 0.310 e. The number of likely N-dealkylation sites (tertiary alicyclic amines) is 1. The number of sulfone groups is 1. The molecule has 4 rings (SSSR count). The highest BCUT2D eigenvalue weighted by Crippen LogP contribution is 3.02. The number of carbonyl (C=O) groups is 2. The molecule has 1 aromatic heterocycles. The summed E-state index contributed by atoms with van der Waals surface area (Å²) < 4.78 is 134. The predicted octanol–water partition coefficient (Wildman–Crippen LogP) is 5.62. The summed E-state index contributed by atoms with van der Waals surface area (Å²) in [7, 11) is -14.0. The number of carbonyl (C=O) groups excluding carboxylic acids is 2. The highest BCUT2D eigenvalue weighted by atomic mass is 32.5. The van der Waals surface area contributed by atoms with Gasteiger partial charge in [-0.3, -0.25) is 24.4 Å². The van der Waals surface area contributed by atoms with Crippen molar-refractivity contribution in [1.29, 1.82) is 5.26 Å². The lowest BCUT2D eigenvalue weighted by atomic mass is 9.91. The van der Waals surface area contributed by atoms with E-state index in [0.29, 0.717) is 17.0 Å². The summed E-state index contributed by atoms with van der Waals surface area (Å²) in [5, 5.41) is 10.9. The molecular formula is C26H27F8N5O4S2. The van der Waals surface area contributed by atoms with E-state index < -0.39 is 103 Å². The molecule has 1 aliphatic heterocycles. The van der Waals surface area contributed by atoms with E-state index in [-0.39, 0.29) is 30.5 Å². The Morgan fingerprint density at radius 1 is 1.11 bits per heavy atom. The number of aromatic nitrogens is 1. The first kappa shape index (κ1) is 34.2. The van der Waals surface area contributed by atoms with Crippen molar-refractivity contribution in [2.45, 2.75) is 66.3 Å². The van der Waals surface area contributed by atoms with E-state index in [0.717, 1.165) is 29.6 Å². The number of amides is 2. The minimum Gasteiger partial charge on any atom is -0.351 e. The lowest BCUT2D eigenvalue weighted by Crippen LogP contribution is -2.52. The molecule has 2 aliphatic rings. The Balaban J connectivity index is 1.85. The first-order chi connectivity index (χ1) is 20.5. The van der Waals surface area contributed by atoms with Crippen LogP contribution in [0.3, 0.4) is 0 Å². The molecule has 45 heavy (non-hydrogen) atoms. The van der Waals surface area contributed by atoms with E-state index in [2.05, 4.69) is 10.3 Å². The number of nitrogens with zero attached hydrogens (tertiary/aromatic N) is 4. The fourth-order valence-corrected chi connectivity index (χ4v) is 6.95. The molecule has 2 aromatic rings. The molecule has 0 bridgehead atoms. The Morgan fingerprint density at radius 2 is 1.71 bits per heavy atom. The topological polar surface area (TPSA) is 123 Å². The molecule has 0 spiro atoms. The van der Waals surface area contributed by atoms with Gasteiger partial charge in [-0.1, -0.05) is 19.4 Å². The third-order valence-corrected chi connectivity index (χ3v) is 10.4. The number of halogens is 8. The minimum atomic E-state index is -10.2. The fraction of sp³-hybridized carbons (Fsp3) is 0.462. The fourth-order valence-electron chi connectivity index (χ4n) is 5.34. The van der Waals surface area contributed by atoms with Gasteiger partial charge in [0.05, 0.1) is 11.4 Å². The number of hydrogen-bond donors (Lipinski definition) is 1. The molecule has 1 aliphatic carbocycles. The van der Waals surface area contributed by atoms with Crippen molar-refractivity contribution in [3.8, 4) is 6.19 Å². The van der Waals surface area contributed by atoms with Gasteiger partial charge in [0, 0.05) is 49.1 Å². The molecule has 3 atom stereocenters. The van der Waals surface area contributed by atoms with Gasteiger partial charge in [0.1, 0.15) is 22.8 Å². The van der Waals surface area contributed by atoms with Gasteiger partial charge in [0.25, 0.3) is 5.91 Å². The minimum absolute atomic E-state index is 0.0187. The summed E-state index contributed by atoms with van der Waals surface area (Å²) in [5.41, 5.74) is -0.925. The molecule has 9 nitrogen and oxygen atoms in total. The van der Waals surface area contributed by atoms with Crippen molar-refractivity contribution in [2.75, 3.05) is 17.7 Å². The molecule has 0 radical (unpaired) electrons. The van der Waals surface area contributed by atoms with Crippen LogP contribution in [0.1, 0.15) is 43.7 Å². The Hall–Kier alpha value is -3.66. The van der Waals surface area contributed by atoms with Gasteiger partial charge in [-0.25, -0.2) is 21.6 Å². The number of benzene rings is 1. The van der Waals surface area contributed by atoms with Gasteiger partial charge < -0.3 is 5.32 Å². The lowest BCUT2D eigenvalue weighted by molar-refractivity contribution is -0.129. The monoisotopic (exact) mass is 689 g/mol. The molecule has 1 saturated carbocycles. The molecule has 248 valence electrons. The quantitative estimate of drug-likeness (QED) is 0.282. The van der Waals surface area contributed by atoms with Crippen molar-refractivity contribution < 1.29 is 50.6 Å². The maximum Gasteiger partial charge on any atom is 0.310 e. The van der Waals surface area contributed by atoms with Crippen LogP contribution in [-0.2, 0) is 19.4 Å². The summed E-state index contributed by atoms with van der Waals surface area (Å²) in [6.07, 6.45) is 2.16. The number of nitriles is 1. The second kappa shape index (κ2) is 11.0. The van der Waals surface area contributed by atoms with E-state index in [4.69, 9.17) is 0 Å². The Labute approximate surface area is 252 Å². The van der Waals surface area contributed by atoms with Crippen LogP contribution in [0.25, 0.3) is 0 Å². The molecular weight excluding hydrogens is 662 g/mol. The van der Waals surface area contributed by atoms with E-state index in [9.17, 15) is 55.9 Å². The number of hydrogen-bond acceptors (Lipinski definition) is 7. The zero-order chi connectivity index (χ0) is 33.7. The van der Waals surface area contributed by atoms with Crippen LogP contribution in [0, 0.1) is 17.3 Å². The van der Waals surface area contributed by atoms with Crippen molar-refractivity contribution in [3.63, 3.8) is 0 Å². The Morgan fingerprint density at radius 3 is 2.22 bits per heavy atom. The summed E-state index contributed by atoms with van der Waals surface area (Å²) >= 11 is 0. The summed E-state index contributed by atoms with van der Waals surface area (Å²) in [4.78, 5) is 30.6. The zero-order valence-corrected chi connectivity index (χ0v) is 25.0. The van der Waals surface area contributed by atoms with Crippen LogP contribution >= 0.6 is 10.2 Å². The molecule has 0 unspecified atom stereocenters. The van der Waals surface area contributed by atoms with Crippen molar-refractivity contribution in [1.82, 2.24) is 15.2 Å². The number of rotatable bonds is 8. The second-order valence-corrected chi connectivity index (χ2v) is 15.8. The molecule has 2 amide bonds. The van der Waals surface area contributed by atoms with Crippen molar-refractivity contribution in [3.05, 3.63) is 54.1 Å². The van der Waals surface area contributed by atoms with Crippen LogP contribution in [0.5, 0.6) is 0 Å². The maximum atomic E-state index is 14.4. The third kappa shape index (κ3) is 7.95. The predicted molar refractivity (Wildman–Crippen MR) is 147 cm³/mol. The average Bonchev–Trinajstić information content (AvgIpc) is 3.37. The lowest BCUT2D eigenvalue weighted by Gasteiger charge is -2.41. The van der Waals surface area contributed by atoms with Gasteiger partial charge >= 0.3 is 10.2 Å². The molecule has 2 heterocycles. The molecule has 1 saturated heterocycles. The van der Waals surface area contributed by atoms with E-state index in [1.165, 1.54) is 0 Å². The van der Waals surface area contributed by atoms with Gasteiger partial charge in [-0.05, 0) is 49.6 Å². The second-order valence-electron chi connectivity index (χ2n) is 11.1. The van der Waals surface area contributed by atoms with Crippen LogP contribution in [0.15, 0.2) is 47.6 Å². The summed E-state index contributed by atoms with van der Waals surface area (Å²) in [6, 6.07) is -2.76. The maximum absolute atomic E-state index is 14.4. The highest BCUT2D eigenvalue weighted by Gasteiger charge is 2.65. The first-order valence-corrected chi connectivity index (χ1v) is 17.2. The van der Waals surface area contributed by atoms with E-state index in [1.807, 2.05) is 0 Å². The number of nitrogens with one attached hydrogen (secondary N) is 1. The SMILES string of the molecule is CS(=O)(=O)[C@@H]1C[C@H](C(=O)N(c2ccc(S(F)(F)(F)(F)F)cc2)[C@@H](C(=O)NC2CCC(F)(F)CC2)c2cncc(F)c2)N(C#N)C1. The van der Waals surface area contributed by atoms with Crippen molar-refractivity contribution in [2.24, 2.45) is 0 Å². The normalized spacial score (nSPS) is 22.9. The molecule has 19 heteroatoms. The molecule has 1 N–H and O–H groups in total. The van der Waals surface area contributed by atoms with Crippen LogP contribution < -0.4 is 10.2 Å². The van der Waals surface area contributed by atoms with E-state index in [1.54, 1.807) is 6.19 Å². The van der Waals surface area contributed by atoms with Gasteiger partial charge in [0.15, 0.2) is 16.0 Å². The summed E-state index contributed by atoms with van der Waals surface area (Å²) in [6.45, 7) is -0.447. The Kier molecular flexibility index (Phi) is 8.36. The number of anilines is 1. The largest absolute Gasteiger partial charge is 0.351 e. The Bertz CT molecular complexity index is 1630. The van der Waals surface area contributed by atoms with Crippen molar-refractivity contribution >= 4 is 37.6 Å². The van der Waals surface area contributed by atoms with Gasteiger partial charge in [0.2, 0.25) is 11.8 Å². The average molecular weight is 690 g/mol. The zero-order valence-electron chi connectivity index (χ0n) is 23.4. The van der Waals surface area contributed by atoms with Gasteiger partial charge in [-0.15, -0.1) is 0 Å². The highest BCUT2D eigenvalue weighted by molar-refractivity contribution is 8.45. The van der Waals surface area contributed by atoms with Crippen LogP contribution in [0.2, 0.25) is 0 Å². The first-order valence-electron chi connectivity index (χ1n) is 13.3. The number of pyridine rings is 1. The molecule has 1 aromatic carbocycles. The third-order valence-electron chi connectivity index (χ3n) is 7.69. The summed E-state index contributed by atoms with van der Waals surface area (Å²) in [5.74, 6) is -6.31. The van der Waals surface area contributed by atoms with Crippen LogP contribution in [-0.4, -0.2) is 66.2 Å².